The number of phosphoric ester groups is 1. The monoisotopic (exact) mass is 579 g/mol. The molecule has 5 rings (SSSR count). The van der Waals surface area contributed by atoms with Crippen LogP contribution in [0.5, 0.6) is 0 Å². The number of hydrogen-bond acceptors (Lipinski definition) is 16. The molecule has 0 spiro atoms. The van der Waals surface area contributed by atoms with Crippen molar-refractivity contribution in [2.24, 2.45) is 0 Å². The van der Waals surface area contributed by atoms with Gasteiger partial charge in [-0.1, -0.05) is 0 Å². The Labute approximate surface area is 240 Å². The van der Waals surface area contributed by atoms with Gasteiger partial charge in [0.2, 0.25) is 11.9 Å². The van der Waals surface area contributed by atoms with E-state index in [1.165, 1.54) is 10.9 Å². The van der Waals surface area contributed by atoms with Gasteiger partial charge in [0, 0.05) is 12.8 Å². The number of imidazole rings is 1. The first-order valence-corrected chi connectivity index (χ1v) is 12.7. The normalized spacial score (nSPS) is 28.4. The van der Waals surface area contributed by atoms with Crippen LogP contribution in [0.25, 0.3) is 11.2 Å². The van der Waals surface area contributed by atoms with Crippen molar-refractivity contribution < 1.29 is 67.8 Å². The zero-order valence-electron chi connectivity index (χ0n) is 20.4. The maximum absolute atomic E-state index is 12.5. The van der Waals surface area contributed by atoms with Gasteiger partial charge >= 0.3 is 35.2 Å². The topological polar surface area (TPSA) is 281 Å². The molecule has 2 saturated heterocycles. The number of hydrogen-bond donors (Lipinski definition) is 5. The molecule has 206 valence electrons. The third kappa shape index (κ3) is 6.23. The molecule has 0 radical (unpaired) electrons. The summed E-state index contributed by atoms with van der Waals surface area (Å²) in [6, 6.07) is 0. The molecule has 2 fully saturated rings. The Morgan fingerprint density at radius 1 is 1.13 bits per heavy atom. The molecule has 2 aliphatic heterocycles. The van der Waals surface area contributed by atoms with Crippen molar-refractivity contribution in [1.29, 1.82) is 0 Å². The Hall–Kier alpha value is -2.29. The van der Waals surface area contributed by atoms with Crippen molar-refractivity contribution in [2.75, 3.05) is 24.7 Å². The molecule has 21 heteroatoms. The Kier molecular flexibility index (Phi) is 8.89. The van der Waals surface area contributed by atoms with Gasteiger partial charge in [-0.25, -0.2) is 14.8 Å². The Morgan fingerprint density at radius 3 is 2.54 bits per heavy atom. The van der Waals surface area contributed by atoms with E-state index in [1.54, 1.807) is 0 Å². The standard InChI is InChI=1S/C18H24N9O10P.Na/c19-16-22-6-27(18(31)25-16)12-2-8(9(3-28)35-12)37-38(32,33)34-4-10-7(29)1-11(36-10)26-5-21-13-14(26)23-17(20)24-15(13)30;/h5-12,28-29H,1-4H2,(H,32,33)(H2,19,25,31)(H3,20,23,24,30);/q;+1/p-1/t7-,8-,9+,10+,11+,12+;/m0./s1. The van der Waals surface area contributed by atoms with Crippen molar-refractivity contribution in [3.8, 4) is 0 Å². The largest absolute Gasteiger partial charge is 1.00 e. The van der Waals surface area contributed by atoms with Crippen LogP contribution < -0.4 is 57.2 Å². The summed E-state index contributed by atoms with van der Waals surface area (Å²) in [5.41, 5.74) is 9.76. The maximum Gasteiger partial charge on any atom is 1.00 e. The summed E-state index contributed by atoms with van der Waals surface area (Å²) < 4.78 is 36.2. The van der Waals surface area contributed by atoms with Crippen LogP contribution in [0.1, 0.15) is 25.3 Å². The first kappa shape index (κ1) is 29.7. The quantitative estimate of drug-likeness (QED) is 0.122. The van der Waals surface area contributed by atoms with Crippen LogP contribution >= 0.6 is 7.82 Å². The number of anilines is 2. The molecule has 0 bridgehead atoms. The molecule has 39 heavy (non-hydrogen) atoms. The summed E-state index contributed by atoms with van der Waals surface area (Å²) in [6.45, 7) is -1.22. The molecule has 1 unspecified atom stereocenters. The molecule has 0 saturated carbocycles. The van der Waals surface area contributed by atoms with Gasteiger partial charge < -0.3 is 45.1 Å². The summed E-state index contributed by atoms with van der Waals surface area (Å²) in [6.07, 6.45) is -4.16. The predicted octanol–water partition coefficient (Wildman–Crippen LogP) is -6.26. The van der Waals surface area contributed by atoms with E-state index >= 15 is 0 Å². The number of aliphatic hydroxyl groups excluding tert-OH is 2. The summed E-state index contributed by atoms with van der Waals surface area (Å²) in [5, 5.41) is 20.0. The van der Waals surface area contributed by atoms with E-state index in [0.29, 0.717) is 0 Å². The average molecular weight is 579 g/mol. The number of aromatic nitrogens is 7. The molecule has 19 nitrogen and oxygen atoms in total. The third-order valence-electron chi connectivity index (χ3n) is 6.04. The minimum atomic E-state index is -5.01. The van der Waals surface area contributed by atoms with Crippen molar-refractivity contribution in [1.82, 2.24) is 34.1 Å². The van der Waals surface area contributed by atoms with E-state index in [1.807, 2.05) is 0 Å². The van der Waals surface area contributed by atoms with Gasteiger partial charge in [0.15, 0.2) is 11.2 Å². The molecule has 3 aromatic rings. The molecule has 0 aliphatic carbocycles. The second kappa shape index (κ2) is 11.7. The Morgan fingerprint density at radius 2 is 1.82 bits per heavy atom. The molecule has 2 aliphatic rings. The van der Waals surface area contributed by atoms with Crippen molar-refractivity contribution in [2.45, 2.75) is 49.7 Å². The van der Waals surface area contributed by atoms with Gasteiger partial charge in [0.25, 0.3) is 13.4 Å². The maximum atomic E-state index is 12.5. The number of phosphoric acid groups is 1. The zero-order chi connectivity index (χ0) is 27.2. The van der Waals surface area contributed by atoms with Crippen molar-refractivity contribution in [3.05, 3.63) is 33.5 Å². The van der Waals surface area contributed by atoms with E-state index in [9.17, 15) is 29.3 Å². The summed E-state index contributed by atoms with van der Waals surface area (Å²) in [4.78, 5) is 54.1. The fourth-order valence-corrected chi connectivity index (χ4v) is 5.19. The van der Waals surface area contributed by atoms with Crippen molar-refractivity contribution in [3.63, 3.8) is 0 Å². The second-order valence-electron chi connectivity index (χ2n) is 8.55. The van der Waals surface area contributed by atoms with Crippen LogP contribution in [0.15, 0.2) is 22.2 Å². The number of nitrogens with zero attached hydrogens (tertiary/aromatic N) is 6. The Balaban J connectivity index is 0.00000353. The van der Waals surface area contributed by atoms with E-state index in [-0.39, 0.29) is 65.5 Å². The summed E-state index contributed by atoms with van der Waals surface area (Å²) in [7, 11) is -5.01. The van der Waals surface area contributed by atoms with E-state index < -0.39 is 69.2 Å². The zero-order valence-corrected chi connectivity index (χ0v) is 23.3. The molecular formula is C18H23N9NaO10P. The third-order valence-corrected chi connectivity index (χ3v) is 7.04. The van der Waals surface area contributed by atoms with Gasteiger partial charge in [0.05, 0.1) is 31.7 Å². The number of nitrogens with one attached hydrogen (secondary N) is 1. The van der Waals surface area contributed by atoms with Crippen LogP contribution in [0, 0.1) is 0 Å². The van der Waals surface area contributed by atoms with E-state index in [0.717, 1.165) is 10.9 Å². The molecule has 3 aromatic heterocycles. The van der Waals surface area contributed by atoms with Gasteiger partial charge in [-0.3, -0.25) is 23.5 Å². The molecule has 7 atom stereocenters. The van der Waals surface area contributed by atoms with Crippen molar-refractivity contribution >= 4 is 30.9 Å². The Bertz CT molecular complexity index is 1500. The van der Waals surface area contributed by atoms with Crippen LogP contribution in [0.2, 0.25) is 0 Å². The first-order chi connectivity index (χ1) is 18.0. The minimum Gasteiger partial charge on any atom is -0.756 e. The number of aliphatic hydroxyl groups is 2. The predicted molar refractivity (Wildman–Crippen MR) is 122 cm³/mol. The number of fused-ring (bicyclic) bond motifs is 1. The minimum absolute atomic E-state index is 0. The summed E-state index contributed by atoms with van der Waals surface area (Å²) >= 11 is 0. The SMILES string of the molecule is Nc1ncn([C@H]2C[C@H](OP(=O)([O-])OC[C@H]3O[C@@H](n4cnc5c(=O)[nH]c(N)nc54)C[C@@H]3O)[C@@H](CO)O2)c(=O)n1.[Na+]. The molecule has 0 amide bonds. The number of H-pyrrole nitrogens is 1. The van der Waals surface area contributed by atoms with E-state index in [4.69, 9.17) is 30.0 Å². The number of aromatic amines is 1. The number of ether oxygens (including phenoxy) is 2. The second-order valence-corrected chi connectivity index (χ2v) is 9.91. The van der Waals surface area contributed by atoms with Gasteiger partial charge in [-0.15, -0.1) is 0 Å². The molecule has 5 heterocycles. The fourth-order valence-electron chi connectivity index (χ4n) is 4.25. The number of nitrogen functional groups attached to an aromatic ring is 2. The van der Waals surface area contributed by atoms with E-state index in [2.05, 4.69) is 24.9 Å². The average Bonchev–Trinajstić information content (AvgIpc) is 3.54. The van der Waals surface area contributed by atoms with Crippen LogP contribution in [0.4, 0.5) is 11.9 Å². The van der Waals surface area contributed by atoms with Gasteiger partial charge in [-0.2, -0.15) is 9.97 Å². The molecule has 7 N–H and O–H groups in total. The van der Waals surface area contributed by atoms with Crippen LogP contribution in [0.3, 0.4) is 0 Å². The van der Waals surface area contributed by atoms with Crippen LogP contribution in [-0.4, -0.2) is 81.9 Å². The molecule has 0 aromatic carbocycles. The smallest absolute Gasteiger partial charge is 0.756 e. The van der Waals surface area contributed by atoms with Gasteiger partial charge in [0.1, 0.15) is 31.0 Å². The van der Waals surface area contributed by atoms with Gasteiger partial charge in [-0.05, 0) is 0 Å². The fraction of sp³-hybridized carbons (Fsp3) is 0.556. The van der Waals surface area contributed by atoms with Crippen LogP contribution in [-0.2, 0) is 23.1 Å². The first-order valence-electron chi connectivity index (χ1n) is 11.2. The molecular weight excluding hydrogens is 556 g/mol. The number of rotatable bonds is 8. The summed E-state index contributed by atoms with van der Waals surface area (Å²) in [5.74, 6) is -0.387. The number of nitrogens with two attached hydrogens (primary N) is 2.